The molecule has 0 saturated heterocycles. The third kappa shape index (κ3) is 4.52. The van der Waals surface area contributed by atoms with Gasteiger partial charge in [-0.25, -0.2) is 9.37 Å². The number of rotatable bonds is 5. The summed E-state index contributed by atoms with van der Waals surface area (Å²) in [5.74, 6) is -0.343. The van der Waals surface area contributed by atoms with Crippen LogP contribution in [0.4, 0.5) is 17.6 Å². The molecule has 0 amide bonds. The van der Waals surface area contributed by atoms with Gasteiger partial charge in [0.05, 0.1) is 28.8 Å². The first-order valence-electron chi connectivity index (χ1n) is 11.5. The van der Waals surface area contributed by atoms with Crippen molar-refractivity contribution in [1.82, 2.24) is 19.5 Å². The van der Waals surface area contributed by atoms with Crippen LogP contribution in [0.3, 0.4) is 0 Å². The minimum Gasteiger partial charge on any atom is -0.374 e. The number of aliphatic hydroxyl groups is 1. The number of benzene rings is 2. The lowest BCUT2D eigenvalue weighted by Crippen LogP contribution is -2.31. The molecule has 0 aliphatic carbocycles. The fraction of sp³-hybridized carbons (Fsp3) is 0.179. The van der Waals surface area contributed by atoms with Gasteiger partial charge in [-0.2, -0.15) is 13.2 Å². The Hall–Kier alpha value is -3.82. The third-order valence-corrected chi connectivity index (χ3v) is 7.03. The van der Waals surface area contributed by atoms with Crippen LogP contribution in [-0.4, -0.2) is 24.6 Å². The van der Waals surface area contributed by atoms with Crippen LogP contribution in [0.5, 0.6) is 0 Å². The average Bonchev–Trinajstić information content (AvgIpc) is 3.33. The maximum absolute atomic E-state index is 13.4. The lowest BCUT2D eigenvalue weighted by Gasteiger charge is -2.30. The van der Waals surface area contributed by atoms with Gasteiger partial charge in [-0.1, -0.05) is 35.9 Å². The predicted molar refractivity (Wildman–Crippen MR) is 135 cm³/mol. The van der Waals surface area contributed by atoms with Crippen LogP contribution < -0.4 is 0 Å². The zero-order valence-electron chi connectivity index (χ0n) is 20.3. The average molecular weight is 541 g/mol. The number of alkyl halides is 3. The Balaban J connectivity index is 1.68. The molecule has 0 aliphatic rings. The SMILES string of the molecule is Cc1nc2ccc(C(O)(c3ccc(C(F)(F)F)nc3)c3cncn3C)cc2c(Cl)c1Cc1ccc(F)cc1. The Morgan fingerprint density at radius 3 is 2.29 bits per heavy atom. The van der Waals surface area contributed by atoms with Crippen molar-refractivity contribution in [2.45, 2.75) is 25.1 Å². The zero-order chi connectivity index (χ0) is 27.2. The molecule has 10 heteroatoms. The van der Waals surface area contributed by atoms with E-state index in [2.05, 4.69) is 15.0 Å². The smallest absolute Gasteiger partial charge is 0.374 e. The molecule has 0 radical (unpaired) electrons. The fourth-order valence-corrected chi connectivity index (χ4v) is 4.91. The van der Waals surface area contributed by atoms with Gasteiger partial charge in [0.1, 0.15) is 11.5 Å². The highest BCUT2D eigenvalue weighted by molar-refractivity contribution is 6.36. The molecule has 0 fully saturated rings. The topological polar surface area (TPSA) is 63.8 Å². The molecule has 3 aromatic heterocycles. The molecule has 0 spiro atoms. The van der Waals surface area contributed by atoms with Gasteiger partial charge in [-0.15, -0.1) is 0 Å². The van der Waals surface area contributed by atoms with E-state index in [0.29, 0.717) is 39.3 Å². The van der Waals surface area contributed by atoms with E-state index in [1.54, 1.807) is 41.9 Å². The van der Waals surface area contributed by atoms with E-state index in [4.69, 9.17) is 11.6 Å². The van der Waals surface area contributed by atoms with Gasteiger partial charge in [0, 0.05) is 36.3 Å². The van der Waals surface area contributed by atoms with E-state index >= 15 is 0 Å². The summed E-state index contributed by atoms with van der Waals surface area (Å²) in [6.45, 7) is 1.83. The van der Waals surface area contributed by atoms with E-state index in [-0.39, 0.29) is 11.4 Å². The number of halogens is 5. The highest BCUT2D eigenvalue weighted by Crippen LogP contribution is 2.40. The van der Waals surface area contributed by atoms with Crippen molar-refractivity contribution >= 4 is 22.5 Å². The van der Waals surface area contributed by atoms with Gasteiger partial charge in [0.2, 0.25) is 0 Å². The van der Waals surface area contributed by atoms with Gasteiger partial charge in [-0.05, 0) is 53.9 Å². The molecule has 2 aromatic carbocycles. The number of hydrogen-bond acceptors (Lipinski definition) is 4. The molecular weight excluding hydrogens is 520 g/mol. The molecule has 1 N–H and O–H groups in total. The standard InChI is InChI=1S/C28H21ClF4N4O/c1-16-21(11-17-3-7-20(30)8-4-17)26(29)22-12-18(5-9-23(22)36-16)27(38,25-14-34-15-37(25)2)19-6-10-24(35-13-19)28(31,32)33/h3-10,12-15,38H,11H2,1-2H3. The highest BCUT2D eigenvalue weighted by Gasteiger charge is 2.39. The summed E-state index contributed by atoms with van der Waals surface area (Å²) in [6.07, 6.45) is -0.277. The Bertz CT molecular complexity index is 1630. The zero-order valence-corrected chi connectivity index (χ0v) is 21.0. The van der Waals surface area contributed by atoms with Crippen LogP contribution in [-0.2, 0) is 25.2 Å². The number of aromatic nitrogens is 4. The first-order chi connectivity index (χ1) is 18.0. The van der Waals surface area contributed by atoms with E-state index in [1.165, 1.54) is 30.7 Å². The third-order valence-electron chi connectivity index (χ3n) is 6.59. The first-order valence-corrected chi connectivity index (χ1v) is 11.9. The van der Waals surface area contributed by atoms with Gasteiger partial charge >= 0.3 is 6.18 Å². The van der Waals surface area contributed by atoms with Gasteiger partial charge in [0.25, 0.3) is 0 Å². The summed E-state index contributed by atoms with van der Waals surface area (Å²) in [5.41, 5.74) is 0.680. The fourth-order valence-electron chi connectivity index (χ4n) is 4.56. The molecule has 38 heavy (non-hydrogen) atoms. The number of pyridine rings is 2. The molecule has 0 aliphatic heterocycles. The Kier molecular flexibility index (Phi) is 6.44. The highest BCUT2D eigenvalue weighted by atomic mass is 35.5. The molecule has 0 saturated carbocycles. The summed E-state index contributed by atoms with van der Waals surface area (Å²) in [6, 6.07) is 13.1. The minimum atomic E-state index is -4.62. The molecule has 0 bridgehead atoms. The second-order valence-corrected chi connectivity index (χ2v) is 9.43. The lowest BCUT2D eigenvalue weighted by molar-refractivity contribution is -0.141. The molecule has 5 aromatic rings. The van der Waals surface area contributed by atoms with E-state index in [1.807, 2.05) is 6.92 Å². The summed E-state index contributed by atoms with van der Waals surface area (Å²) >= 11 is 6.87. The molecule has 194 valence electrons. The van der Waals surface area contributed by atoms with Crippen LogP contribution in [0.2, 0.25) is 5.02 Å². The molecule has 1 atom stereocenters. The molecule has 5 nitrogen and oxygen atoms in total. The van der Waals surface area contributed by atoms with Crippen molar-refractivity contribution < 1.29 is 22.7 Å². The van der Waals surface area contributed by atoms with E-state index in [9.17, 15) is 22.7 Å². The van der Waals surface area contributed by atoms with E-state index < -0.39 is 17.5 Å². The maximum atomic E-state index is 13.4. The first kappa shape index (κ1) is 25.8. The predicted octanol–water partition coefficient (Wildman–Crippen LogP) is 6.36. The largest absolute Gasteiger partial charge is 0.433 e. The van der Waals surface area contributed by atoms with Crippen molar-refractivity contribution in [3.63, 3.8) is 0 Å². The molecule has 1 unspecified atom stereocenters. The Morgan fingerprint density at radius 1 is 0.974 bits per heavy atom. The van der Waals surface area contributed by atoms with Crippen LogP contribution >= 0.6 is 11.6 Å². The quantitative estimate of drug-likeness (QED) is 0.264. The van der Waals surface area contributed by atoms with Crippen molar-refractivity contribution in [2.24, 2.45) is 7.05 Å². The lowest BCUT2D eigenvalue weighted by atomic mass is 9.83. The number of imidazole rings is 1. The van der Waals surface area contributed by atoms with Gasteiger partial charge in [-0.3, -0.25) is 9.97 Å². The maximum Gasteiger partial charge on any atom is 0.433 e. The van der Waals surface area contributed by atoms with Crippen LogP contribution in [0.15, 0.2) is 73.3 Å². The summed E-state index contributed by atoms with van der Waals surface area (Å²) in [7, 11) is 1.67. The summed E-state index contributed by atoms with van der Waals surface area (Å²) in [5, 5.41) is 13.1. The summed E-state index contributed by atoms with van der Waals surface area (Å²) in [4.78, 5) is 12.3. The monoisotopic (exact) mass is 540 g/mol. The Morgan fingerprint density at radius 2 is 1.68 bits per heavy atom. The van der Waals surface area contributed by atoms with Crippen molar-refractivity contribution in [1.29, 1.82) is 0 Å². The summed E-state index contributed by atoms with van der Waals surface area (Å²) < 4.78 is 54.5. The van der Waals surface area contributed by atoms with Crippen molar-refractivity contribution in [3.8, 4) is 0 Å². The van der Waals surface area contributed by atoms with Crippen molar-refractivity contribution in [3.05, 3.63) is 123 Å². The number of aryl methyl sites for hydroxylation is 2. The van der Waals surface area contributed by atoms with Gasteiger partial charge < -0.3 is 9.67 Å². The second kappa shape index (κ2) is 9.49. The normalized spacial score (nSPS) is 13.6. The number of hydrogen-bond donors (Lipinski definition) is 1. The molecule has 5 rings (SSSR count). The molecular formula is C28H21ClF4N4O. The number of fused-ring (bicyclic) bond motifs is 1. The molecule has 3 heterocycles. The van der Waals surface area contributed by atoms with Crippen LogP contribution in [0.25, 0.3) is 10.9 Å². The van der Waals surface area contributed by atoms with Crippen molar-refractivity contribution in [2.75, 3.05) is 0 Å². The second-order valence-electron chi connectivity index (χ2n) is 9.05. The van der Waals surface area contributed by atoms with Crippen LogP contribution in [0, 0.1) is 12.7 Å². The Labute approximate surface area is 220 Å². The minimum absolute atomic E-state index is 0.121. The number of nitrogens with zero attached hydrogens (tertiary/aromatic N) is 4. The van der Waals surface area contributed by atoms with Crippen LogP contribution in [0.1, 0.15) is 39.3 Å². The van der Waals surface area contributed by atoms with E-state index in [0.717, 1.165) is 23.4 Å². The van der Waals surface area contributed by atoms with Gasteiger partial charge in [0.15, 0.2) is 5.60 Å².